The van der Waals surface area contributed by atoms with E-state index in [9.17, 15) is 0 Å². The lowest BCUT2D eigenvalue weighted by atomic mass is 10.0. The van der Waals surface area contributed by atoms with Gasteiger partial charge < -0.3 is 15.4 Å². The maximum absolute atomic E-state index is 5.88. The highest BCUT2D eigenvalue weighted by Gasteiger charge is 2.30. The highest BCUT2D eigenvalue weighted by atomic mass is 16.5. The molecule has 3 heteroatoms. The van der Waals surface area contributed by atoms with Crippen molar-refractivity contribution >= 4 is 0 Å². The van der Waals surface area contributed by atoms with E-state index in [1.54, 1.807) is 0 Å². The Morgan fingerprint density at radius 2 is 2.12 bits per heavy atom. The molecule has 0 aromatic heterocycles. The van der Waals surface area contributed by atoms with Gasteiger partial charge in [0.15, 0.2) is 0 Å². The van der Waals surface area contributed by atoms with Crippen molar-refractivity contribution in [3.05, 3.63) is 0 Å². The standard InChI is InChI=1S/C14H28N2O/c1-2-16(9-8-13-6-4-10-17-13)14-7-3-5-12(14)11-15/h12-14H,2-11,15H2,1H3. The van der Waals surface area contributed by atoms with Gasteiger partial charge in [-0.1, -0.05) is 13.3 Å². The molecule has 0 amide bonds. The molecular weight excluding hydrogens is 212 g/mol. The molecule has 3 nitrogen and oxygen atoms in total. The first-order chi connectivity index (χ1) is 8.35. The van der Waals surface area contributed by atoms with Crippen LogP contribution in [-0.4, -0.2) is 43.3 Å². The largest absolute Gasteiger partial charge is 0.378 e. The van der Waals surface area contributed by atoms with Gasteiger partial charge in [-0.3, -0.25) is 0 Å². The molecule has 1 saturated carbocycles. The Balaban J connectivity index is 1.78. The van der Waals surface area contributed by atoms with Crippen molar-refractivity contribution in [2.75, 3.05) is 26.2 Å². The Morgan fingerprint density at radius 3 is 2.76 bits per heavy atom. The van der Waals surface area contributed by atoms with E-state index in [0.717, 1.165) is 31.7 Å². The summed E-state index contributed by atoms with van der Waals surface area (Å²) < 4.78 is 5.71. The predicted octanol–water partition coefficient (Wildman–Crippen LogP) is 2.00. The average Bonchev–Trinajstić information content (AvgIpc) is 3.00. The zero-order chi connectivity index (χ0) is 12.1. The maximum Gasteiger partial charge on any atom is 0.0588 e. The molecule has 3 unspecified atom stereocenters. The SMILES string of the molecule is CCN(CCC1CCCO1)C1CCCC1CN. The van der Waals surface area contributed by atoms with Gasteiger partial charge in [0.05, 0.1) is 6.10 Å². The highest BCUT2D eigenvalue weighted by molar-refractivity contribution is 4.86. The Labute approximate surface area is 106 Å². The van der Waals surface area contributed by atoms with Crippen molar-refractivity contribution in [3.8, 4) is 0 Å². The molecule has 0 bridgehead atoms. The number of rotatable bonds is 6. The maximum atomic E-state index is 5.88. The first-order valence-corrected chi connectivity index (χ1v) is 7.40. The second-order valence-electron chi connectivity index (χ2n) is 5.55. The van der Waals surface area contributed by atoms with E-state index in [0.29, 0.717) is 6.10 Å². The van der Waals surface area contributed by atoms with Gasteiger partial charge in [0, 0.05) is 19.2 Å². The van der Waals surface area contributed by atoms with Gasteiger partial charge in [-0.25, -0.2) is 0 Å². The zero-order valence-electron chi connectivity index (χ0n) is 11.2. The van der Waals surface area contributed by atoms with Crippen LogP contribution in [0.5, 0.6) is 0 Å². The first kappa shape index (κ1) is 13.3. The summed E-state index contributed by atoms with van der Waals surface area (Å²) in [5, 5.41) is 0. The minimum Gasteiger partial charge on any atom is -0.378 e. The van der Waals surface area contributed by atoms with Crippen molar-refractivity contribution in [2.45, 2.75) is 57.6 Å². The summed E-state index contributed by atoms with van der Waals surface area (Å²) in [6.07, 6.45) is 8.30. The average molecular weight is 240 g/mol. The molecule has 0 aromatic carbocycles. The summed E-state index contributed by atoms with van der Waals surface area (Å²) in [5.74, 6) is 0.736. The molecule has 1 saturated heterocycles. The van der Waals surface area contributed by atoms with E-state index in [-0.39, 0.29) is 0 Å². The van der Waals surface area contributed by atoms with Crippen molar-refractivity contribution in [1.82, 2.24) is 4.90 Å². The Bertz CT molecular complexity index is 216. The van der Waals surface area contributed by atoms with Gasteiger partial charge in [-0.2, -0.15) is 0 Å². The van der Waals surface area contributed by atoms with E-state index in [1.165, 1.54) is 45.1 Å². The van der Waals surface area contributed by atoms with Crippen LogP contribution >= 0.6 is 0 Å². The highest BCUT2D eigenvalue weighted by Crippen LogP contribution is 2.29. The van der Waals surface area contributed by atoms with Crippen LogP contribution in [0.1, 0.15) is 45.4 Å². The third-order valence-electron chi connectivity index (χ3n) is 4.56. The van der Waals surface area contributed by atoms with Crippen LogP contribution in [0.15, 0.2) is 0 Å². The third kappa shape index (κ3) is 3.43. The normalized spacial score (nSPS) is 33.7. The molecule has 1 aliphatic carbocycles. The Morgan fingerprint density at radius 1 is 1.24 bits per heavy atom. The summed E-state index contributed by atoms with van der Waals surface area (Å²) in [6, 6.07) is 0.742. The van der Waals surface area contributed by atoms with Gasteiger partial charge >= 0.3 is 0 Å². The monoisotopic (exact) mass is 240 g/mol. The van der Waals surface area contributed by atoms with Crippen molar-refractivity contribution < 1.29 is 4.74 Å². The van der Waals surface area contributed by atoms with E-state index >= 15 is 0 Å². The Kier molecular flexibility index (Phi) is 5.26. The fourth-order valence-corrected chi connectivity index (χ4v) is 3.51. The molecule has 3 atom stereocenters. The van der Waals surface area contributed by atoms with Crippen molar-refractivity contribution in [3.63, 3.8) is 0 Å². The van der Waals surface area contributed by atoms with Gasteiger partial charge in [0.2, 0.25) is 0 Å². The minimum atomic E-state index is 0.529. The number of hydrogen-bond donors (Lipinski definition) is 1. The topological polar surface area (TPSA) is 38.5 Å². The lowest BCUT2D eigenvalue weighted by molar-refractivity contribution is 0.0806. The third-order valence-corrected chi connectivity index (χ3v) is 4.56. The van der Waals surface area contributed by atoms with Gasteiger partial charge in [0.1, 0.15) is 0 Å². The molecule has 1 heterocycles. The lowest BCUT2D eigenvalue weighted by Gasteiger charge is -2.32. The second-order valence-corrected chi connectivity index (χ2v) is 5.55. The predicted molar refractivity (Wildman–Crippen MR) is 71.0 cm³/mol. The smallest absolute Gasteiger partial charge is 0.0588 e. The summed E-state index contributed by atoms with van der Waals surface area (Å²) in [7, 11) is 0. The van der Waals surface area contributed by atoms with Gasteiger partial charge in [-0.15, -0.1) is 0 Å². The van der Waals surface area contributed by atoms with E-state index in [1.807, 2.05) is 0 Å². The Hall–Kier alpha value is -0.120. The fraction of sp³-hybridized carbons (Fsp3) is 1.00. The molecule has 0 spiro atoms. The molecule has 0 radical (unpaired) electrons. The van der Waals surface area contributed by atoms with Crippen LogP contribution in [0, 0.1) is 5.92 Å². The van der Waals surface area contributed by atoms with Crippen LogP contribution in [0.25, 0.3) is 0 Å². The van der Waals surface area contributed by atoms with Crippen molar-refractivity contribution in [2.24, 2.45) is 11.7 Å². The van der Waals surface area contributed by atoms with E-state index < -0.39 is 0 Å². The lowest BCUT2D eigenvalue weighted by Crippen LogP contribution is -2.41. The molecule has 17 heavy (non-hydrogen) atoms. The van der Waals surface area contributed by atoms with Gasteiger partial charge in [0.25, 0.3) is 0 Å². The molecule has 0 aromatic rings. The summed E-state index contributed by atoms with van der Waals surface area (Å²) in [4.78, 5) is 2.65. The van der Waals surface area contributed by atoms with Crippen LogP contribution in [0.3, 0.4) is 0 Å². The number of ether oxygens (including phenoxy) is 1. The first-order valence-electron chi connectivity index (χ1n) is 7.40. The summed E-state index contributed by atoms with van der Waals surface area (Å²) in [5.41, 5.74) is 5.88. The van der Waals surface area contributed by atoms with E-state index in [4.69, 9.17) is 10.5 Å². The molecule has 1 aliphatic heterocycles. The number of hydrogen-bond acceptors (Lipinski definition) is 3. The molecular formula is C14H28N2O. The molecule has 100 valence electrons. The minimum absolute atomic E-state index is 0.529. The number of nitrogens with zero attached hydrogens (tertiary/aromatic N) is 1. The molecule has 2 fully saturated rings. The molecule has 2 aliphatic rings. The van der Waals surface area contributed by atoms with E-state index in [2.05, 4.69) is 11.8 Å². The van der Waals surface area contributed by atoms with Crippen LogP contribution in [0.4, 0.5) is 0 Å². The van der Waals surface area contributed by atoms with Crippen LogP contribution < -0.4 is 5.73 Å². The molecule has 2 rings (SSSR count). The number of nitrogens with two attached hydrogens (primary N) is 1. The summed E-state index contributed by atoms with van der Waals surface area (Å²) in [6.45, 7) is 6.48. The van der Waals surface area contributed by atoms with Gasteiger partial charge in [-0.05, 0) is 51.1 Å². The zero-order valence-corrected chi connectivity index (χ0v) is 11.2. The second kappa shape index (κ2) is 6.72. The summed E-state index contributed by atoms with van der Waals surface area (Å²) >= 11 is 0. The van der Waals surface area contributed by atoms with Crippen LogP contribution in [-0.2, 0) is 4.74 Å². The van der Waals surface area contributed by atoms with Crippen LogP contribution in [0.2, 0.25) is 0 Å². The quantitative estimate of drug-likeness (QED) is 0.772. The van der Waals surface area contributed by atoms with Crippen molar-refractivity contribution in [1.29, 1.82) is 0 Å². The molecule has 2 N–H and O–H groups in total. The fourth-order valence-electron chi connectivity index (χ4n) is 3.51.